The van der Waals surface area contributed by atoms with E-state index in [0.29, 0.717) is 0 Å². The fraction of sp³-hybridized carbons (Fsp3) is 0. The van der Waals surface area contributed by atoms with Gasteiger partial charge in [0.25, 0.3) is 0 Å². The molecule has 0 atom stereocenters. The largest absolute Gasteiger partial charge is 0.398 e. The summed E-state index contributed by atoms with van der Waals surface area (Å²) in [5.41, 5.74) is 5.52. The third-order valence-corrected chi connectivity index (χ3v) is 2.21. The van der Waals surface area contributed by atoms with Crippen molar-refractivity contribution in [1.29, 1.82) is 0 Å². The standard InChI is InChI=1S/C6H8N2O2S.H2O4S/c7-5-3-1-2-4-6(5)11(8,9)10;1-5(2,3)4/h1-4H,7H2,(H2,8,9,10);(H2,1,2,3,4). The van der Waals surface area contributed by atoms with Crippen molar-refractivity contribution >= 4 is 26.1 Å². The van der Waals surface area contributed by atoms with Gasteiger partial charge < -0.3 is 5.73 Å². The van der Waals surface area contributed by atoms with Crippen LogP contribution in [0.4, 0.5) is 5.69 Å². The third-order valence-electron chi connectivity index (χ3n) is 1.23. The Hall–Kier alpha value is -1.20. The highest BCUT2D eigenvalue weighted by Crippen LogP contribution is 2.14. The summed E-state index contributed by atoms with van der Waals surface area (Å²) in [4.78, 5) is -0.0278. The van der Waals surface area contributed by atoms with Crippen molar-refractivity contribution in [2.24, 2.45) is 5.14 Å². The lowest BCUT2D eigenvalue weighted by atomic mass is 10.3. The Kier molecular flexibility index (Phi) is 4.83. The normalized spacial score (nSPS) is 11.4. The molecule has 0 spiro atoms. The average Bonchev–Trinajstić information content (AvgIpc) is 1.99. The van der Waals surface area contributed by atoms with Gasteiger partial charge in [0, 0.05) is 0 Å². The zero-order valence-corrected chi connectivity index (χ0v) is 9.44. The summed E-state index contributed by atoms with van der Waals surface area (Å²) in [6.07, 6.45) is 0. The van der Waals surface area contributed by atoms with Gasteiger partial charge >= 0.3 is 10.4 Å². The number of hydrogen-bond acceptors (Lipinski definition) is 5. The molecule has 0 radical (unpaired) electrons. The van der Waals surface area contributed by atoms with Crippen LogP contribution in [0, 0.1) is 0 Å². The van der Waals surface area contributed by atoms with Crippen LogP contribution in [0.2, 0.25) is 0 Å². The van der Waals surface area contributed by atoms with E-state index in [1.54, 1.807) is 12.1 Å². The van der Waals surface area contributed by atoms with Gasteiger partial charge in [0.1, 0.15) is 4.90 Å². The monoisotopic (exact) mass is 270 g/mol. The van der Waals surface area contributed by atoms with Crippen molar-refractivity contribution in [1.82, 2.24) is 0 Å². The lowest BCUT2D eigenvalue weighted by Gasteiger charge is -2.00. The van der Waals surface area contributed by atoms with Crippen molar-refractivity contribution in [2.45, 2.75) is 4.90 Å². The van der Waals surface area contributed by atoms with Crippen molar-refractivity contribution in [2.75, 3.05) is 5.73 Å². The number of para-hydroxylation sites is 1. The number of sulfonamides is 1. The molecule has 0 aromatic heterocycles. The van der Waals surface area contributed by atoms with E-state index in [1.165, 1.54) is 12.1 Å². The van der Waals surface area contributed by atoms with Gasteiger partial charge in [0.05, 0.1) is 5.69 Å². The predicted octanol–water partition coefficient (Wildman–Crippen LogP) is -0.737. The van der Waals surface area contributed by atoms with E-state index in [1.807, 2.05) is 0 Å². The highest BCUT2D eigenvalue weighted by atomic mass is 32.3. The summed E-state index contributed by atoms with van der Waals surface area (Å²) < 4.78 is 53.1. The Morgan fingerprint density at radius 3 is 1.62 bits per heavy atom. The van der Waals surface area contributed by atoms with Crippen molar-refractivity contribution in [3.8, 4) is 0 Å². The van der Waals surface area contributed by atoms with E-state index in [-0.39, 0.29) is 10.6 Å². The molecule has 0 saturated carbocycles. The van der Waals surface area contributed by atoms with Gasteiger partial charge in [-0.15, -0.1) is 0 Å². The van der Waals surface area contributed by atoms with Crippen LogP contribution in [0.25, 0.3) is 0 Å². The van der Waals surface area contributed by atoms with Gasteiger partial charge in [-0.2, -0.15) is 8.42 Å². The lowest BCUT2D eigenvalue weighted by Crippen LogP contribution is -2.13. The molecule has 0 bridgehead atoms. The van der Waals surface area contributed by atoms with Crippen molar-refractivity contribution in [3.63, 3.8) is 0 Å². The Morgan fingerprint density at radius 2 is 1.38 bits per heavy atom. The number of nitrogen functional groups attached to an aromatic ring is 1. The summed E-state index contributed by atoms with van der Waals surface area (Å²) in [6, 6.07) is 6.06. The molecular formula is C6H10N2O6S2. The van der Waals surface area contributed by atoms with E-state index >= 15 is 0 Å². The minimum atomic E-state index is -4.67. The van der Waals surface area contributed by atoms with E-state index < -0.39 is 20.4 Å². The summed E-state index contributed by atoms with van der Waals surface area (Å²) in [7, 11) is -8.33. The molecule has 1 aromatic rings. The maximum absolute atomic E-state index is 10.8. The van der Waals surface area contributed by atoms with Crippen LogP contribution in [-0.2, 0) is 20.4 Å². The Labute approximate surface area is 92.5 Å². The molecule has 0 saturated heterocycles. The number of hydrogen-bond donors (Lipinski definition) is 4. The van der Waals surface area contributed by atoms with Crippen molar-refractivity contribution in [3.05, 3.63) is 24.3 Å². The number of anilines is 1. The predicted molar refractivity (Wildman–Crippen MR) is 56.4 cm³/mol. The fourth-order valence-electron chi connectivity index (χ4n) is 0.740. The van der Waals surface area contributed by atoms with Crippen LogP contribution in [0.5, 0.6) is 0 Å². The number of primary sulfonamides is 1. The second-order valence-corrected chi connectivity index (χ2v) is 4.96. The van der Waals surface area contributed by atoms with Crippen molar-refractivity contribution < 1.29 is 25.9 Å². The number of benzene rings is 1. The Bertz CT molecular complexity index is 542. The zero-order chi connectivity index (χ0) is 13.0. The van der Waals surface area contributed by atoms with Crippen LogP contribution < -0.4 is 10.9 Å². The van der Waals surface area contributed by atoms with Gasteiger partial charge in [-0.25, -0.2) is 13.6 Å². The first-order chi connectivity index (χ1) is 7.02. The quantitative estimate of drug-likeness (QED) is 0.386. The van der Waals surface area contributed by atoms with Gasteiger partial charge in [-0.1, -0.05) is 12.1 Å². The fourth-order valence-corrected chi connectivity index (χ4v) is 1.40. The average molecular weight is 270 g/mol. The summed E-state index contributed by atoms with van der Waals surface area (Å²) in [5.74, 6) is 0. The molecule has 0 aliphatic rings. The molecule has 92 valence electrons. The molecule has 1 rings (SSSR count). The first-order valence-corrected chi connectivity index (χ1v) is 6.53. The molecule has 0 aliphatic heterocycles. The smallest absolute Gasteiger partial charge is 0.394 e. The molecular weight excluding hydrogens is 260 g/mol. The van der Waals surface area contributed by atoms with Crippen LogP contribution in [0.1, 0.15) is 0 Å². The van der Waals surface area contributed by atoms with Gasteiger partial charge in [0.15, 0.2) is 0 Å². The second kappa shape index (κ2) is 5.23. The SMILES string of the molecule is Nc1ccccc1S(N)(=O)=O.O=S(=O)(O)O. The molecule has 10 heteroatoms. The van der Waals surface area contributed by atoms with Crippen LogP contribution >= 0.6 is 0 Å². The molecule has 16 heavy (non-hydrogen) atoms. The van der Waals surface area contributed by atoms with Gasteiger partial charge in [-0.05, 0) is 12.1 Å². The van der Waals surface area contributed by atoms with E-state index in [0.717, 1.165) is 0 Å². The Balaban J connectivity index is 0.000000385. The highest BCUT2D eigenvalue weighted by molar-refractivity contribution is 7.89. The summed E-state index contributed by atoms with van der Waals surface area (Å²) >= 11 is 0. The number of nitrogens with two attached hydrogens (primary N) is 2. The van der Waals surface area contributed by atoms with Gasteiger partial charge in [-0.3, -0.25) is 9.11 Å². The number of rotatable bonds is 1. The molecule has 0 aliphatic carbocycles. The van der Waals surface area contributed by atoms with Crippen LogP contribution in [0.3, 0.4) is 0 Å². The highest BCUT2D eigenvalue weighted by Gasteiger charge is 2.09. The molecule has 6 N–H and O–H groups in total. The van der Waals surface area contributed by atoms with Crippen LogP contribution in [0.15, 0.2) is 29.2 Å². The minimum Gasteiger partial charge on any atom is -0.398 e. The molecule has 0 heterocycles. The van der Waals surface area contributed by atoms with Gasteiger partial charge in [0.2, 0.25) is 10.0 Å². The maximum atomic E-state index is 10.8. The zero-order valence-electron chi connectivity index (χ0n) is 7.81. The lowest BCUT2D eigenvalue weighted by molar-refractivity contribution is 0.381. The maximum Gasteiger partial charge on any atom is 0.394 e. The summed E-state index contributed by atoms with van der Waals surface area (Å²) in [6.45, 7) is 0. The first kappa shape index (κ1) is 14.8. The minimum absolute atomic E-state index is 0.0278. The van der Waals surface area contributed by atoms with E-state index in [2.05, 4.69) is 0 Å². The Morgan fingerprint density at radius 1 is 1.00 bits per heavy atom. The first-order valence-electron chi connectivity index (χ1n) is 3.59. The molecule has 1 aromatic carbocycles. The molecule has 0 unspecified atom stereocenters. The third kappa shape index (κ3) is 7.14. The molecule has 0 amide bonds. The van der Waals surface area contributed by atoms with E-state index in [9.17, 15) is 8.42 Å². The molecule has 8 nitrogen and oxygen atoms in total. The van der Waals surface area contributed by atoms with E-state index in [4.69, 9.17) is 28.4 Å². The topological polar surface area (TPSA) is 161 Å². The molecule has 0 fully saturated rings. The van der Waals surface area contributed by atoms with Crippen LogP contribution in [-0.4, -0.2) is 25.9 Å². The second-order valence-electron chi connectivity index (χ2n) is 2.53. The summed E-state index contributed by atoms with van der Waals surface area (Å²) in [5, 5.41) is 4.85.